The maximum Gasteiger partial charge on any atom is 0.330 e. The van der Waals surface area contributed by atoms with Gasteiger partial charge in [-0.2, -0.15) is 0 Å². The van der Waals surface area contributed by atoms with Gasteiger partial charge in [-0.25, -0.2) is 4.79 Å². The zero-order chi connectivity index (χ0) is 26.4. The number of benzene rings is 4. The number of ether oxygens (including phenoxy) is 1. The van der Waals surface area contributed by atoms with E-state index in [1.165, 1.54) is 0 Å². The molecule has 0 saturated carbocycles. The number of esters is 1. The molecule has 7 heteroatoms. The van der Waals surface area contributed by atoms with E-state index < -0.39 is 30.4 Å². The smallest absolute Gasteiger partial charge is 0.330 e. The van der Waals surface area contributed by atoms with Crippen molar-refractivity contribution in [2.75, 3.05) is 6.61 Å². The summed E-state index contributed by atoms with van der Waals surface area (Å²) < 4.78 is 6.26. The number of carbonyl (C=O) groups excluding carboxylic acids is 4. The zero-order valence-electron chi connectivity index (χ0n) is 20.3. The lowest BCUT2D eigenvalue weighted by molar-refractivity contribution is -0.147. The van der Waals surface area contributed by atoms with Crippen LogP contribution < -0.4 is 0 Å². The van der Waals surface area contributed by atoms with E-state index in [2.05, 4.69) is 15.9 Å². The van der Waals surface area contributed by atoms with Gasteiger partial charge in [-0.1, -0.05) is 70.5 Å². The molecule has 2 aliphatic rings. The van der Waals surface area contributed by atoms with E-state index in [1.807, 2.05) is 42.5 Å². The van der Waals surface area contributed by atoms with Crippen molar-refractivity contribution in [3.8, 4) is 0 Å². The number of halogens is 1. The van der Waals surface area contributed by atoms with Crippen LogP contribution in [0, 0.1) is 0 Å². The topological polar surface area (TPSA) is 80.8 Å². The van der Waals surface area contributed by atoms with Gasteiger partial charge in [0, 0.05) is 33.0 Å². The van der Waals surface area contributed by atoms with E-state index in [-0.39, 0.29) is 12.2 Å². The summed E-state index contributed by atoms with van der Waals surface area (Å²) in [5, 5.41) is 1.64. The predicted octanol–water partition coefficient (Wildman–Crippen LogP) is 5.33. The first-order valence-electron chi connectivity index (χ1n) is 12.4. The van der Waals surface area contributed by atoms with Gasteiger partial charge in [0.1, 0.15) is 6.04 Å². The number of hydrogen-bond acceptors (Lipinski definition) is 5. The molecule has 6 rings (SSSR count). The van der Waals surface area contributed by atoms with Gasteiger partial charge in [0.05, 0.1) is 0 Å². The van der Waals surface area contributed by atoms with Gasteiger partial charge in [-0.3, -0.25) is 19.3 Å². The summed E-state index contributed by atoms with van der Waals surface area (Å²) in [6.45, 7) is -0.499. The quantitative estimate of drug-likeness (QED) is 0.171. The van der Waals surface area contributed by atoms with Crippen LogP contribution in [0.15, 0.2) is 83.3 Å². The third-order valence-corrected chi connectivity index (χ3v) is 7.79. The van der Waals surface area contributed by atoms with Gasteiger partial charge in [0.15, 0.2) is 12.4 Å². The molecular weight excluding hydrogens is 546 g/mol. The molecule has 0 fully saturated rings. The normalized spacial score (nSPS) is 14.6. The lowest BCUT2D eigenvalue weighted by Crippen LogP contribution is -2.52. The molecular formula is C31H22BrNO5. The predicted molar refractivity (Wildman–Crippen MR) is 145 cm³/mol. The standard InChI is InChI=1S/C31H22BrNO5/c32-22-12-8-19(9-13-22)26(34)17-38-31(37)25(16-18-4-2-1-3-5-18)33-29(35)23-14-10-20-6-7-21-11-15-24(30(33)36)28(23)27(20)21/h1-5,8-15,25H,6-7,16-17H2/t25-/m1/s1. The maximum atomic E-state index is 13.8. The summed E-state index contributed by atoms with van der Waals surface area (Å²) in [7, 11) is 0. The van der Waals surface area contributed by atoms with Crippen molar-refractivity contribution in [1.29, 1.82) is 0 Å². The number of rotatable bonds is 7. The highest BCUT2D eigenvalue weighted by Crippen LogP contribution is 2.39. The summed E-state index contributed by atoms with van der Waals surface area (Å²) in [6, 6.07) is 22.0. The number of imide groups is 1. The fourth-order valence-electron chi connectivity index (χ4n) is 5.39. The molecule has 1 aliphatic heterocycles. The second-order valence-electron chi connectivity index (χ2n) is 9.52. The van der Waals surface area contributed by atoms with Crippen LogP contribution >= 0.6 is 15.9 Å². The molecule has 4 aromatic rings. The number of amides is 2. The van der Waals surface area contributed by atoms with Gasteiger partial charge in [-0.15, -0.1) is 0 Å². The van der Waals surface area contributed by atoms with Crippen LogP contribution in [0.25, 0.3) is 10.8 Å². The van der Waals surface area contributed by atoms with Crippen molar-refractivity contribution in [2.45, 2.75) is 25.3 Å². The van der Waals surface area contributed by atoms with Crippen molar-refractivity contribution >= 4 is 50.3 Å². The number of ketones is 1. The summed E-state index contributed by atoms with van der Waals surface area (Å²) in [4.78, 5) is 54.8. The molecule has 6 nitrogen and oxygen atoms in total. The van der Waals surface area contributed by atoms with Crippen LogP contribution in [0.2, 0.25) is 0 Å². The molecule has 0 spiro atoms. The van der Waals surface area contributed by atoms with E-state index >= 15 is 0 Å². The van der Waals surface area contributed by atoms with Crippen molar-refractivity contribution in [1.82, 2.24) is 4.90 Å². The van der Waals surface area contributed by atoms with Crippen LogP contribution in [0.1, 0.15) is 47.8 Å². The summed E-state index contributed by atoms with van der Waals surface area (Å²) in [6.07, 6.45) is 1.81. The molecule has 1 heterocycles. The Labute approximate surface area is 227 Å². The molecule has 0 aromatic heterocycles. The first kappa shape index (κ1) is 24.2. The lowest BCUT2D eigenvalue weighted by atomic mass is 9.90. The number of nitrogens with zero attached hydrogens (tertiary/aromatic N) is 1. The van der Waals surface area contributed by atoms with Crippen LogP contribution in [-0.4, -0.2) is 41.1 Å². The van der Waals surface area contributed by atoms with Gasteiger partial charge < -0.3 is 4.74 Å². The van der Waals surface area contributed by atoms with Crippen molar-refractivity contribution < 1.29 is 23.9 Å². The third-order valence-electron chi connectivity index (χ3n) is 7.26. The fourth-order valence-corrected chi connectivity index (χ4v) is 5.65. The largest absolute Gasteiger partial charge is 0.456 e. The fraction of sp³-hybridized carbons (Fsp3) is 0.161. The van der Waals surface area contributed by atoms with Gasteiger partial charge >= 0.3 is 5.97 Å². The first-order chi connectivity index (χ1) is 18.4. The van der Waals surface area contributed by atoms with Crippen molar-refractivity contribution in [3.05, 3.63) is 117 Å². The minimum atomic E-state index is -1.23. The monoisotopic (exact) mass is 567 g/mol. The Bertz CT molecular complexity index is 1570. The molecule has 0 saturated heterocycles. The van der Waals surface area contributed by atoms with Crippen LogP contribution in [0.3, 0.4) is 0 Å². The zero-order valence-corrected chi connectivity index (χ0v) is 21.9. The van der Waals surface area contributed by atoms with Gasteiger partial charge in [0.2, 0.25) is 0 Å². The molecule has 1 aliphatic carbocycles. The van der Waals surface area contributed by atoms with Crippen molar-refractivity contribution in [2.24, 2.45) is 0 Å². The second kappa shape index (κ2) is 9.65. The molecule has 0 unspecified atom stereocenters. The van der Waals surface area contributed by atoms with E-state index in [0.29, 0.717) is 22.1 Å². The minimum absolute atomic E-state index is 0.0677. The second-order valence-corrected chi connectivity index (χ2v) is 10.4. The third kappa shape index (κ3) is 4.13. The summed E-state index contributed by atoms with van der Waals surface area (Å²) >= 11 is 3.33. The maximum absolute atomic E-state index is 13.8. The van der Waals surface area contributed by atoms with Gasteiger partial charge in [0.25, 0.3) is 11.8 Å². The first-order valence-corrected chi connectivity index (χ1v) is 13.2. The molecule has 2 amide bonds. The van der Waals surface area contributed by atoms with E-state index in [4.69, 9.17) is 4.74 Å². The summed E-state index contributed by atoms with van der Waals surface area (Å²) in [5.41, 5.74) is 4.21. The number of hydrogen-bond donors (Lipinski definition) is 0. The molecule has 38 heavy (non-hydrogen) atoms. The molecule has 1 atom stereocenters. The average Bonchev–Trinajstić information content (AvgIpc) is 3.36. The molecule has 0 bridgehead atoms. The van der Waals surface area contributed by atoms with Crippen LogP contribution in [0.4, 0.5) is 0 Å². The number of carbonyl (C=O) groups is 4. The Morgan fingerprint density at radius 2 is 1.39 bits per heavy atom. The minimum Gasteiger partial charge on any atom is -0.456 e. The van der Waals surface area contributed by atoms with Crippen LogP contribution in [-0.2, 0) is 28.8 Å². The van der Waals surface area contributed by atoms with E-state index in [0.717, 1.165) is 44.3 Å². The van der Waals surface area contributed by atoms with Gasteiger partial charge in [-0.05, 0) is 59.2 Å². The van der Waals surface area contributed by atoms with E-state index in [1.54, 1.807) is 36.4 Å². The highest BCUT2D eigenvalue weighted by molar-refractivity contribution is 9.10. The highest BCUT2D eigenvalue weighted by Gasteiger charge is 2.42. The SMILES string of the molecule is O=C(COC(=O)[C@@H](Cc1ccccc1)N1C(=O)c2ccc3c4c(ccc(c24)C1=O)CC3)c1ccc(Br)cc1. The number of Topliss-reactive ketones (excluding diaryl/α,β-unsaturated/α-hetero) is 1. The van der Waals surface area contributed by atoms with Crippen LogP contribution in [0.5, 0.6) is 0 Å². The Hall–Kier alpha value is -4.10. The molecule has 188 valence electrons. The Kier molecular flexibility index (Phi) is 6.16. The van der Waals surface area contributed by atoms with E-state index in [9.17, 15) is 19.2 Å². The Balaban J connectivity index is 1.34. The Morgan fingerprint density at radius 3 is 2.00 bits per heavy atom. The summed E-state index contributed by atoms with van der Waals surface area (Å²) in [5.74, 6) is -2.25. The Morgan fingerprint density at radius 1 is 0.789 bits per heavy atom. The lowest BCUT2D eigenvalue weighted by Gasteiger charge is -2.33. The van der Waals surface area contributed by atoms with Crippen molar-refractivity contribution in [3.63, 3.8) is 0 Å². The number of aryl methyl sites for hydroxylation is 2. The molecule has 4 aromatic carbocycles. The highest BCUT2D eigenvalue weighted by atomic mass is 79.9. The molecule has 0 N–H and O–H groups in total. The molecule has 0 radical (unpaired) electrons. The average molecular weight is 568 g/mol.